The summed E-state index contributed by atoms with van der Waals surface area (Å²) in [4.78, 5) is 0.262. The largest absolute Gasteiger partial charge is 0.492 e. The van der Waals surface area contributed by atoms with Crippen molar-refractivity contribution in [3.63, 3.8) is 0 Å². The quantitative estimate of drug-likeness (QED) is 0.882. The van der Waals surface area contributed by atoms with Gasteiger partial charge in [0.25, 0.3) is 10.0 Å². The molecule has 3 rings (SSSR count). The molecule has 1 aliphatic rings. The number of benzene rings is 2. The number of ether oxygens (including phenoxy) is 1. The van der Waals surface area contributed by atoms with Crippen LogP contribution in [0.2, 0.25) is 0 Å². The summed E-state index contributed by atoms with van der Waals surface area (Å²) in [6.07, 6.45) is 0.828. The average Bonchev–Trinajstić information content (AvgIpc) is 2.88. The number of para-hydroxylation sites is 2. The van der Waals surface area contributed by atoms with Crippen molar-refractivity contribution in [3.05, 3.63) is 48.0 Å². The number of rotatable bonds is 5. The summed E-state index contributed by atoms with van der Waals surface area (Å²) < 4.78 is 33.4. The molecule has 0 fully saturated rings. The van der Waals surface area contributed by atoms with Crippen LogP contribution in [0.15, 0.2) is 47.4 Å². The van der Waals surface area contributed by atoms with Crippen LogP contribution in [0.25, 0.3) is 0 Å². The van der Waals surface area contributed by atoms with Gasteiger partial charge >= 0.3 is 0 Å². The molecular formula is C17H20N2O3S. The lowest BCUT2D eigenvalue weighted by molar-refractivity contribution is 0.342. The van der Waals surface area contributed by atoms with E-state index in [1.807, 2.05) is 19.1 Å². The van der Waals surface area contributed by atoms with Crippen molar-refractivity contribution in [2.24, 2.45) is 0 Å². The second kappa shape index (κ2) is 6.12. The lowest BCUT2D eigenvalue weighted by Gasteiger charge is -2.13. The maximum absolute atomic E-state index is 12.7. The van der Waals surface area contributed by atoms with E-state index in [0.29, 0.717) is 24.1 Å². The number of nitrogens with one attached hydrogen (secondary N) is 2. The van der Waals surface area contributed by atoms with Crippen molar-refractivity contribution in [1.82, 2.24) is 0 Å². The smallest absolute Gasteiger partial charge is 0.262 e. The van der Waals surface area contributed by atoms with Gasteiger partial charge in [0.15, 0.2) is 0 Å². The topological polar surface area (TPSA) is 67.4 Å². The highest BCUT2D eigenvalue weighted by Crippen LogP contribution is 2.30. The summed E-state index contributed by atoms with van der Waals surface area (Å²) in [6, 6.07) is 12.5. The summed E-state index contributed by atoms with van der Waals surface area (Å²) in [7, 11) is -3.65. The van der Waals surface area contributed by atoms with Gasteiger partial charge < -0.3 is 10.1 Å². The molecular weight excluding hydrogens is 312 g/mol. The molecule has 0 unspecified atom stereocenters. The molecule has 0 bridgehead atoms. The minimum Gasteiger partial charge on any atom is -0.492 e. The van der Waals surface area contributed by atoms with Crippen LogP contribution in [0, 0.1) is 0 Å². The highest BCUT2D eigenvalue weighted by Gasteiger charge is 2.22. The van der Waals surface area contributed by atoms with E-state index in [1.165, 1.54) is 0 Å². The third kappa shape index (κ3) is 3.27. The number of hydrogen-bond donors (Lipinski definition) is 2. The zero-order valence-electron chi connectivity index (χ0n) is 13.2. The van der Waals surface area contributed by atoms with Gasteiger partial charge in [-0.25, -0.2) is 8.42 Å². The summed E-state index contributed by atoms with van der Waals surface area (Å²) in [6.45, 7) is 4.41. The van der Waals surface area contributed by atoms with Gasteiger partial charge in [-0.05, 0) is 56.2 Å². The highest BCUT2D eigenvalue weighted by molar-refractivity contribution is 7.92. The molecule has 1 heterocycles. The standard InChI is InChI=1S/C17H20N2O3S/c1-3-22-17-7-5-4-6-16(17)19-23(20,21)14-8-9-15-13(11-14)10-12(2)18-15/h4-9,11-12,18-19H,3,10H2,1-2H3/t12-/m1/s1. The predicted octanol–water partition coefficient (Wildman–Crippen LogP) is 3.24. The third-order valence-corrected chi connectivity index (χ3v) is 5.11. The minimum absolute atomic E-state index is 0.262. The monoisotopic (exact) mass is 332 g/mol. The first kappa shape index (κ1) is 15.7. The fourth-order valence-corrected chi connectivity index (χ4v) is 3.85. The lowest BCUT2D eigenvalue weighted by atomic mass is 10.1. The van der Waals surface area contributed by atoms with E-state index >= 15 is 0 Å². The normalized spacial score (nSPS) is 16.5. The average molecular weight is 332 g/mol. The van der Waals surface area contributed by atoms with Crippen molar-refractivity contribution in [3.8, 4) is 5.75 Å². The Labute approximate surface area is 136 Å². The molecule has 6 heteroatoms. The Hall–Kier alpha value is -2.21. The number of fused-ring (bicyclic) bond motifs is 1. The molecule has 0 radical (unpaired) electrons. The molecule has 1 aliphatic heterocycles. The van der Waals surface area contributed by atoms with Gasteiger partial charge in [0.05, 0.1) is 17.2 Å². The molecule has 2 aromatic carbocycles. The van der Waals surface area contributed by atoms with E-state index in [1.54, 1.807) is 30.3 Å². The Bertz CT molecular complexity index is 818. The van der Waals surface area contributed by atoms with Crippen molar-refractivity contribution in [2.75, 3.05) is 16.6 Å². The highest BCUT2D eigenvalue weighted by atomic mass is 32.2. The molecule has 0 aromatic heterocycles. The zero-order valence-corrected chi connectivity index (χ0v) is 14.0. The maximum atomic E-state index is 12.7. The van der Waals surface area contributed by atoms with Crippen molar-refractivity contribution in [2.45, 2.75) is 31.2 Å². The Morgan fingerprint density at radius 2 is 2.04 bits per heavy atom. The van der Waals surface area contributed by atoms with Crippen molar-refractivity contribution in [1.29, 1.82) is 0 Å². The van der Waals surface area contributed by atoms with Crippen LogP contribution < -0.4 is 14.8 Å². The molecule has 5 nitrogen and oxygen atoms in total. The second-order valence-corrected chi connectivity index (χ2v) is 7.29. The Kier molecular flexibility index (Phi) is 4.17. The molecule has 0 aliphatic carbocycles. The number of sulfonamides is 1. The van der Waals surface area contributed by atoms with Crippen LogP contribution in [0.4, 0.5) is 11.4 Å². The van der Waals surface area contributed by atoms with Crippen LogP contribution in [-0.2, 0) is 16.4 Å². The molecule has 1 atom stereocenters. The fraction of sp³-hybridized carbons (Fsp3) is 0.294. The Balaban J connectivity index is 1.90. The van der Waals surface area contributed by atoms with Gasteiger partial charge in [-0.2, -0.15) is 0 Å². The first-order valence-electron chi connectivity index (χ1n) is 7.63. The van der Waals surface area contributed by atoms with Crippen LogP contribution in [0.3, 0.4) is 0 Å². The van der Waals surface area contributed by atoms with Gasteiger partial charge in [0.1, 0.15) is 5.75 Å². The van der Waals surface area contributed by atoms with E-state index in [9.17, 15) is 8.42 Å². The van der Waals surface area contributed by atoms with Gasteiger partial charge in [0.2, 0.25) is 0 Å². The first-order chi connectivity index (χ1) is 11.0. The molecule has 0 saturated carbocycles. The van der Waals surface area contributed by atoms with Gasteiger partial charge in [-0.1, -0.05) is 12.1 Å². The summed E-state index contributed by atoms with van der Waals surface area (Å²) in [5, 5.41) is 3.32. The van der Waals surface area contributed by atoms with E-state index in [-0.39, 0.29) is 4.90 Å². The van der Waals surface area contributed by atoms with Crippen LogP contribution in [0.5, 0.6) is 5.75 Å². The molecule has 2 N–H and O–H groups in total. The van der Waals surface area contributed by atoms with E-state index < -0.39 is 10.0 Å². The summed E-state index contributed by atoms with van der Waals surface area (Å²) in [5.74, 6) is 0.523. The molecule has 23 heavy (non-hydrogen) atoms. The Morgan fingerprint density at radius 3 is 2.83 bits per heavy atom. The predicted molar refractivity (Wildman–Crippen MR) is 91.7 cm³/mol. The number of anilines is 2. The molecule has 0 saturated heterocycles. The zero-order chi connectivity index (χ0) is 16.4. The van der Waals surface area contributed by atoms with E-state index in [0.717, 1.165) is 17.7 Å². The van der Waals surface area contributed by atoms with Crippen LogP contribution in [-0.4, -0.2) is 21.1 Å². The van der Waals surface area contributed by atoms with Crippen LogP contribution >= 0.6 is 0 Å². The van der Waals surface area contributed by atoms with E-state index in [4.69, 9.17) is 4.74 Å². The minimum atomic E-state index is -3.65. The van der Waals surface area contributed by atoms with Crippen molar-refractivity contribution < 1.29 is 13.2 Å². The summed E-state index contributed by atoms with van der Waals surface area (Å²) >= 11 is 0. The fourth-order valence-electron chi connectivity index (χ4n) is 2.73. The Morgan fingerprint density at radius 1 is 1.26 bits per heavy atom. The lowest BCUT2D eigenvalue weighted by Crippen LogP contribution is -2.14. The SMILES string of the molecule is CCOc1ccccc1NS(=O)(=O)c1ccc2c(c1)C[C@@H](C)N2. The second-order valence-electron chi connectivity index (χ2n) is 5.60. The number of hydrogen-bond acceptors (Lipinski definition) is 4. The molecule has 122 valence electrons. The van der Waals surface area contributed by atoms with Gasteiger partial charge in [0, 0.05) is 11.7 Å². The molecule has 0 spiro atoms. The van der Waals surface area contributed by atoms with Gasteiger partial charge in [-0.3, -0.25) is 4.72 Å². The summed E-state index contributed by atoms with van der Waals surface area (Å²) in [5.41, 5.74) is 2.48. The van der Waals surface area contributed by atoms with Crippen LogP contribution in [0.1, 0.15) is 19.4 Å². The molecule has 0 amide bonds. The third-order valence-electron chi connectivity index (χ3n) is 3.75. The maximum Gasteiger partial charge on any atom is 0.262 e. The van der Waals surface area contributed by atoms with Crippen molar-refractivity contribution >= 4 is 21.4 Å². The van der Waals surface area contributed by atoms with E-state index in [2.05, 4.69) is 17.0 Å². The molecule has 2 aromatic rings. The van der Waals surface area contributed by atoms with Gasteiger partial charge in [-0.15, -0.1) is 0 Å². The first-order valence-corrected chi connectivity index (χ1v) is 9.12.